The summed E-state index contributed by atoms with van der Waals surface area (Å²) < 4.78 is 5.36. The molecule has 1 aliphatic rings. The van der Waals surface area contributed by atoms with Crippen LogP contribution in [-0.4, -0.2) is 47.1 Å². The molecule has 1 saturated heterocycles. The zero-order chi connectivity index (χ0) is 15.4. The second kappa shape index (κ2) is 6.85. The molecule has 1 atom stereocenters. The Hall–Kier alpha value is -1.69. The van der Waals surface area contributed by atoms with Crippen LogP contribution in [0.25, 0.3) is 0 Å². The van der Waals surface area contributed by atoms with E-state index in [0.717, 1.165) is 31.5 Å². The highest BCUT2D eigenvalue weighted by Gasteiger charge is 2.25. The maximum absolute atomic E-state index is 12.6. The monoisotopic (exact) mass is 292 g/mol. The van der Waals surface area contributed by atoms with Gasteiger partial charge in [-0.25, -0.2) is 9.97 Å². The van der Waals surface area contributed by atoms with E-state index < -0.39 is 0 Å². The Morgan fingerprint density at radius 3 is 2.95 bits per heavy atom. The molecule has 6 heteroatoms. The van der Waals surface area contributed by atoms with Crippen molar-refractivity contribution in [1.82, 2.24) is 14.9 Å². The number of ether oxygens (including phenoxy) is 1. The maximum Gasteiger partial charge on any atom is 0.272 e. The smallest absolute Gasteiger partial charge is 0.272 e. The SMILES string of the molecule is CO[C@H]1CCCN(C(=O)c2cc(CC(C)C)nc(N)n2)C1. The number of anilines is 1. The number of methoxy groups -OCH3 is 1. The van der Waals surface area contributed by atoms with E-state index in [1.807, 2.05) is 0 Å². The molecule has 0 aliphatic carbocycles. The van der Waals surface area contributed by atoms with Crippen molar-refractivity contribution in [3.8, 4) is 0 Å². The minimum absolute atomic E-state index is 0.0872. The van der Waals surface area contributed by atoms with Crippen molar-refractivity contribution < 1.29 is 9.53 Å². The van der Waals surface area contributed by atoms with Gasteiger partial charge in [0.05, 0.1) is 6.10 Å². The van der Waals surface area contributed by atoms with E-state index in [1.54, 1.807) is 18.1 Å². The van der Waals surface area contributed by atoms with Crippen LogP contribution in [0.2, 0.25) is 0 Å². The maximum atomic E-state index is 12.6. The van der Waals surface area contributed by atoms with Gasteiger partial charge in [0.25, 0.3) is 5.91 Å². The van der Waals surface area contributed by atoms with Crippen molar-refractivity contribution in [3.05, 3.63) is 17.5 Å². The molecule has 0 aromatic carbocycles. The van der Waals surface area contributed by atoms with E-state index in [1.165, 1.54) is 0 Å². The molecule has 0 radical (unpaired) electrons. The van der Waals surface area contributed by atoms with Crippen LogP contribution >= 0.6 is 0 Å². The first kappa shape index (κ1) is 15.7. The minimum atomic E-state index is -0.0872. The molecule has 0 unspecified atom stereocenters. The first-order chi connectivity index (χ1) is 9.99. The van der Waals surface area contributed by atoms with Gasteiger partial charge in [-0.1, -0.05) is 13.8 Å². The lowest BCUT2D eigenvalue weighted by molar-refractivity contribution is 0.0265. The van der Waals surface area contributed by atoms with Crippen molar-refractivity contribution in [2.45, 2.75) is 39.2 Å². The summed E-state index contributed by atoms with van der Waals surface area (Å²) in [6, 6.07) is 1.76. The largest absolute Gasteiger partial charge is 0.380 e. The number of rotatable bonds is 4. The summed E-state index contributed by atoms with van der Waals surface area (Å²) in [7, 11) is 1.68. The van der Waals surface area contributed by atoms with Crippen molar-refractivity contribution in [3.63, 3.8) is 0 Å². The quantitative estimate of drug-likeness (QED) is 0.909. The van der Waals surface area contributed by atoms with Gasteiger partial charge in [0.2, 0.25) is 5.95 Å². The highest BCUT2D eigenvalue weighted by Crippen LogP contribution is 2.16. The van der Waals surface area contributed by atoms with Gasteiger partial charge >= 0.3 is 0 Å². The van der Waals surface area contributed by atoms with Crippen LogP contribution in [0.3, 0.4) is 0 Å². The van der Waals surface area contributed by atoms with Gasteiger partial charge in [-0.15, -0.1) is 0 Å². The molecule has 0 spiro atoms. The molecule has 0 saturated carbocycles. The molecule has 0 bridgehead atoms. The summed E-state index contributed by atoms with van der Waals surface area (Å²) in [4.78, 5) is 22.7. The van der Waals surface area contributed by atoms with Crippen molar-refractivity contribution in [2.24, 2.45) is 5.92 Å². The summed E-state index contributed by atoms with van der Waals surface area (Å²) in [6.45, 7) is 5.56. The first-order valence-corrected chi connectivity index (χ1v) is 7.45. The second-order valence-electron chi connectivity index (χ2n) is 5.95. The Balaban J connectivity index is 2.16. The number of nitrogens with zero attached hydrogens (tertiary/aromatic N) is 3. The number of aromatic nitrogens is 2. The lowest BCUT2D eigenvalue weighted by Gasteiger charge is -2.31. The predicted octanol–water partition coefficient (Wildman–Crippen LogP) is 1.51. The van der Waals surface area contributed by atoms with Gasteiger partial charge in [-0.3, -0.25) is 4.79 Å². The lowest BCUT2D eigenvalue weighted by atomic mass is 10.1. The zero-order valence-corrected chi connectivity index (χ0v) is 13.0. The van der Waals surface area contributed by atoms with E-state index >= 15 is 0 Å². The average molecular weight is 292 g/mol. The van der Waals surface area contributed by atoms with Crippen LogP contribution in [0.5, 0.6) is 0 Å². The molecule has 1 aromatic rings. The van der Waals surface area contributed by atoms with Crippen molar-refractivity contribution >= 4 is 11.9 Å². The molecule has 21 heavy (non-hydrogen) atoms. The molecule has 1 aliphatic heterocycles. The Labute approximate surface area is 125 Å². The summed E-state index contributed by atoms with van der Waals surface area (Å²) in [5, 5.41) is 0. The standard InChI is InChI=1S/C15H24N4O2/c1-10(2)7-11-8-13(18-15(16)17-11)14(20)19-6-4-5-12(9-19)21-3/h8,10,12H,4-7,9H2,1-3H3,(H2,16,17,18)/t12-/m0/s1. The highest BCUT2D eigenvalue weighted by molar-refractivity contribution is 5.92. The number of nitrogens with two attached hydrogens (primary N) is 1. The highest BCUT2D eigenvalue weighted by atomic mass is 16.5. The first-order valence-electron chi connectivity index (χ1n) is 7.45. The molecular formula is C15H24N4O2. The van der Waals surface area contributed by atoms with Gasteiger partial charge in [-0.2, -0.15) is 0 Å². The number of likely N-dealkylation sites (tertiary alicyclic amines) is 1. The van der Waals surface area contributed by atoms with Gasteiger partial charge in [-0.05, 0) is 31.2 Å². The summed E-state index contributed by atoms with van der Waals surface area (Å²) in [6.07, 6.45) is 2.83. The number of piperidine rings is 1. The fraction of sp³-hybridized carbons (Fsp3) is 0.667. The summed E-state index contributed by atoms with van der Waals surface area (Å²) >= 11 is 0. The number of amides is 1. The van der Waals surface area contributed by atoms with Crippen LogP contribution in [0.15, 0.2) is 6.07 Å². The Kier molecular flexibility index (Phi) is 5.12. The minimum Gasteiger partial charge on any atom is -0.380 e. The van der Waals surface area contributed by atoms with Gasteiger partial charge in [0, 0.05) is 25.9 Å². The molecule has 2 N–H and O–H groups in total. The zero-order valence-electron chi connectivity index (χ0n) is 13.0. The number of nitrogen functional groups attached to an aromatic ring is 1. The third-order valence-corrected chi connectivity index (χ3v) is 3.63. The Morgan fingerprint density at radius 1 is 1.52 bits per heavy atom. The number of hydrogen-bond donors (Lipinski definition) is 1. The van der Waals surface area contributed by atoms with Gasteiger partial charge in [0.1, 0.15) is 5.69 Å². The molecule has 1 fully saturated rings. The molecule has 2 heterocycles. The average Bonchev–Trinajstić information content (AvgIpc) is 2.45. The van der Waals surface area contributed by atoms with Gasteiger partial charge in [0.15, 0.2) is 0 Å². The van der Waals surface area contributed by atoms with Crippen LogP contribution in [0.1, 0.15) is 42.9 Å². The van der Waals surface area contributed by atoms with E-state index in [-0.39, 0.29) is 18.0 Å². The van der Waals surface area contributed by atoms with Crippen molar-refractivity contribution in [1.29, 1.82) is 0 Å². The number of carbonyl (C=O) groups is 1. The van der Waals surface area contributed by atoms with Crippen LogP contribution in [0, 0.1) is 5.92 Å². The van der Waals surface area contributed by atoms with Gasteiger partial charge < -0.3 is 15.4 Å². The fourth-order valence-electron chi connectivity index (χ4n) is 2.63. The van der Waals surface area contributed by atoms with Crippen LogP contribution in [-0.2, 0) is 11.2 Å². The van der Waals surface area contributed by atoms with E-state index in [4.69, 9.17) is 10.5 Å². The number of hydrogen-bond acceptors (Lipinski definition) is 5. The molecular weight excluding hydrogens is 268 g/mol. The molecule has 1 aromatic heterocycles. The predicted molar refractivity (Wildman–Crippen MR) is 80.9 cm³/mol. The molecule has 2 rings (SSSR count). The summed E-state index contributed by atoms with van der Waals surface area (Å²) in [5.74, 6) is 0.530. The third-order valence-electron chi connectivity index (χ3n) is 3.63. The fourth-order valence-corrected chi connectivity index (χ4v) is 2.63. The topological polar surface area (TPSA) is 81.3 Å². The Bertz CT molecular complexity index is 504. The number of carbonyl (C=O) groups excluding carboxylic acids is 1. The normalized spacial score (nSPS) is 19.0. The summed E-state index contributed by atoms with van der Waals surface area (Å²) in [5.41, 5.74) is 6.94. The Morgan fingerprint density at radius 2 is 2.29 bits per heavy atom. The lowest BCUT2D eigenvalue weighted by Crippen LogP contribution is -2.43. The van der Waals surface area contributed by atoms with E-state index in [9.17, 15) is 4.79 Å². The third kappa shape index (κ3) is 4.14. The van der Waals surface area contributed by atoms with E-state index in [2.05, 4.69) is 23.8 Å². The van der Waals surface area contributed by atoms with Crippen molar-refractivity contribution in [2.75, 3.05) is 25.9 Å². The molecule has 6 nitrogen and oxygen atoms in total. The second-order valence-corrected chi connectivity index (χ2v) is 5.95. The molecule has 116 valence electrons. The van der Waals surface area contributed by atoms with Crippen LogP contribution in [0.4, 0.5) is 5.95 Å². The van der Waals surface area contributed by atoms with Crippen LogP contribution < -0.4 is 5.73 Å². The van der Waals surface area contributed by atoms with E-state index in [0.29, 0.717) is 18.2 Å². The molecule has 1 amide bonds.